The molecule has 0 amide bonds. The van der Waals surface area contributed by atoms with Gasteiger partial charge in [-0.3, -0.25) is 5.32 Å². The summed E-state index contributed by atoms with van der Waals surface area (Å²) < 4.78 is 4.90. The molecule has 1 heterocycles. The van der Waals surface area contributed by atoms with Gasteiger partial charge in [0.05, 0.1) is 13.4 Å². The smallest absolute Gasteiger partial charge is 0.293 e. The van der Waals surface area contributed by atoms with Gasteiger partial charge in [0.15, 0.2) is 0 Å². The minimum absolute atomic E-state index is 0.469. The lowest BCUT2D eigenvalue weighted by Crippen LogP contribution is -2.43. The Morgan fingerprint density at radius 1 is 1.73 bits per heavy atom. The van der Waals surface area contributed by atoms with E-state index in [9.17, 15) is 0 Å². The van der Waals surface area contributed by atoms with Crippen LogP contribution < -0.4 is 10.6 Å². The summed E-state index contributed by atoms with van der Waals surface area (Å²) in [6, 6.07) is 0.469. The van der Waals surface area contributed by atoms with Gasteiger partial charge in [0.1, 0.15) is 0 Å². The first kappa shape index (κ1) is 8.00. The molecule has 0 saturated heterocycles. The first-order chi connectivity index (χ1) is 5.20. The van der Waals surface area contributed by atoms with Crippen molar-refractivity contribution in [1.29, 1.82) is 0 Å². The standard InChI is InChI=1S/C6H12N4O/c1-6(7-2)9-4-8-5(10-6)11-3/h4,7H,1-3H3,(H,8,9,10). The van der Waals surface area contributed by atoms with E-state index in [-0.39, 0.29) is 0 Å². The maximum absolute atomic E-state index is 4.90. The number of nitrogens with one attached hydrogen (secondary N) is 2. The number of rotatable bonds is 1. The molecule has 62 valence electrons. The highest BCUT2D eigenvalue weighted by atomic mass is 16.5. The normalized spacial score (nSPS) is 29.2. The van der Waals surface area contributed by atoms with Crippen molar-refractivity contribution >= 4 is 12.4 Å². The SMILES string of the molecule is CNC1(C)N=CNC(OC)=N1. The van der Waals surface area contributed by atoms with Gasteiger partial charge in [0.2, 0.25) is 5.79 Å². The van der Waals surface area contributed by atoms with E-state index in [1.165, 1.54) is 0 Å². The zero-order valence-electron chi connectivity index (χ0n) is 6.88. The predicted molar refractivity (Wildman–Crippen MR) is 43.5 cm³/mol. The largest absolute Gasteiger partial charge is 0.468 e. The van der Waals surface area contributed by atoms with Crippen LogP contribution >= 0.6 is 0 Å². The Morgan fingerprint density at radius 2 is 2.45 bits per heavy atom. The van der Waals surface area contributed by atoms with Crippen LogP contribution in [0.25, 0.3) is 0 Å². The summed E-state index contributed by atoms with van der Waals surface area (Å²) in [5.74, 6) is -0.587. The molecule has 0 radical (unpaired) electrons. The Labute approximate surface area is 65.6 Å². The van der Waals surface area contributed by atoms with E-state index in [0.29, 0.717) is 6.02 Å². The molecule has 0 bridgehead atoms. The van der Waals surface area contributed by atoms with E-state index in [4.69, 9.17) is 4.74 Å². The zero-order chi connectivity index (χ0) is 8.32. The van der Waals surface area contributed by atoms with E-state index in [0.717, 1.165) is 0 Å². The molecule has 5 heteroatoms. The van der Waals surface area contributed by atoms with Crippen LogP contribution in [0, 0.1) is 0 Å². The zero-order valence-corrected chi connectivity index (χ0v) is 6.88. The van der Waals surface area contributed by atoms with Crippen molar-refractivity contribution in [3.8, 4) is 0 Å². The lowest BCUT2D eigenvalue weighted by Gasteiger charge is -2.23. The summed E-state index contributed by atoms with van der Waals surface area (Å²) in [4.78, 5) is 8.19. The molecule has 1 unspecified atom stereocenters. The lowest BCUT2D eigenvalue weighted by molar-refractivity contribution is 0.349. The quantitative estimate of drug-likeness (QED) is 0.538. The third-order valence-electron chi connectivity index (χ3n) is 1.49. The number of hydrogen-bond acceptors (Lipinski definition) is 5. The number of nitrogens with zero attached hydrogens (tertiary/aromatic N) is 2. The van der Waals surface area contributed by atoms with Crippen LogP contribution in [-0.2, 0) is 4.74 Å². The van der Waals surface area contributed by atoms with E-state index in [1.54, 1.807) is 20.5 Å². The second-order valence-electron chi connectivity index (χ2n) is 2.29. The van der Waals surface area contributed by atoms with E-state index in [2.05, 4.69) is 20.6 Å². The van der Waals surface area contributed by atoms with Gasteiger partial charge in [0, 0.05) is 0 Å². The Hall–Kier alpha value is -1.10. The average Bonchev–Trinajstić information content (AvgIpc) is 2.05. The third-order valence-corrected chi connectivity index (χ3v) is 1.49. The first-order valence-corrected chi connectivity index (χ1v) is 3.33. The maximum Gasteiger partial charge on any atom is 0.293 e. The summed E-state index contributed by atoms with van der Waals surface area (Å²) in [5.41, 5.74) is 0. The number of hydrogen-bond donors (Lipinski definition) is 2. The summed E-state index contributed by atoms with van der Waals surface area (Å²) in [7, 11) is 3.35. The molecule has 0 aromatic carbocycles. The van der Waals surface area contributed by atoms with Crippen molar-refractivity contribution < 1.29 is 4.74 Å². The van der Waals surface area contributed by atoms with Crippen LogP contribution in [0.2, 0.25) is 0 Å². The molecule has 5 nitrogen and oxygen atoms in total. The van der Waals surface area contributed by atoms with Crippen molar-refractivity contribution in [2.24, 2.45) is 9.98 Å². The second-order valence-corrected chi connectivity index (χ2v) is 2.29. The van der Waals surface area contributed by atoms with Gasteiger partial charge in [-0.05, 0) is 14.0 Å². The molecule has 0 spiro atoms. The minimum Gasteiger partial charge on any atom is -0.468 e. The van der Waals surface area contributed by atoms with Crippen molar-refractivity contribution in [3.63, 3.8) is 0 Å². The topological polar surface area (TPSA) is 58.0 Å². The molecule has 1 atom stereocenters. The third kappa shape index (κ3) is 1.68. The number of methoxy groups -OCH3 is 1. The Morgan fingerprint density at radius 3 is 3.00 bits per heavy atom. The van der Waals surface area contributed by atoms with Crippen molar-refractivity contribution in [2.75, 3.05) is 14.2 Å². The van der Waals surface area contributed by atoms with Crippen LogP contribution in [0.15, 0.2) is 9.98 Å². The molecule has 0 fully saturated rings. The van der Waals surface area contributed by atoms with Crippen molar-refractivity contribution in [3.05, 3.63) is 0 Å². The molecular weight excluding hydrogens is 144 g/mol. The van der Waals surface area contributed by atoms with Crippen LogP contribution in [-0.4, -0.2) is 32.3 Å². The molecule has 0 aliphatic carbocycles. The van der Waals surface area contributed by atoms with E-state index >= 15 is 0 Å². The fourth-order valence-electron chi connectivity index (χ4n) is 0.697. The van der Waals surface area contributed by atoms with Crippen molar-refractivity contribution in [2.45, 2.75) is 12.7 Å². The Balaban J connectivity index is 2.75. The van der Waals surface area contributed by atoms with Gasteiger partial charge in [0.25, 0.3) is 6.02 Å². The number of ether oxygens (including phenoxy) is 1. The van der Waals surface area contributed by atoms with Gasteiger partial charge in [-0.25, -0.2) is 4.99 Å². The van der Waals surface area contributed by atoms with Crippen LogP contribution in [0.4, 0.5) is 0 Å². The van der Waals surface area contributed by atoms with Crippen molar-refractivity contribution in [1.82, 2.24) is 10.6 Å². The minimum atomic E-state index is -0.587. The van der Waals surface area contributed by atoms with Crippen LogP contribution in [0.3, 0.4) is 0 Å². The molecule has 1 rings (SSSR count). The summed E-state index contributed by atoms with van der Waals surface area (Å²) in [5, 5.41) is 5.69. The molecule has 1 aliphatic rings. The molecule has 0 aromatic heterocycles. The average molecular weight is 156 g/mol. The van der Waals surface area contributed by atoms with E-state index < -0.39 is 5.79 Å². The van der Waals surface area contributed by atoms with Gasteiger partial charge >= 0.3 is 0 Å². The monoisotopic (exact) mass is 156 g/mol. The summed E-state index contributed by atoms with van der Waals surface area (Å²) >= 11 is 0. The number of aliphatic imine (C=N–C) groups is 2. The fraction of sp³-hybridized carbons (Fsp3) is 0.667. The highest BCUT2D eigenvalue weighted by Crippen LogP contribution is 2.08. The van der Waals surface area contributed by atoms with Crippen LogP contribution in [0.5, 0.6) is 0 Å². The molecular formula is C6H12N4O. The van der Waals surface area contributed by atoms with Crippen LogP contribution in [0.1, 0.15) is 6.92 Å². The highest BCUT2D eigenvalue weighted by molar-refractivity contribution is 5.87. The molecule has 2 N–H and O–H groups in total. The van der Waals surface area contributed by atoms with Gasteiger partial charge in [-0.2, -0.15) is 4.99 Å². The predicted octanol–water partition coefficient (Wildman–Crippen LogP) is -0.487. The number of amidine groups is 1. The Kier molecular flexibility index (Phi) is 2.09. The van der Waals surface area contributed by atoms with Gasteiger partial charge < -0.3 is 10.1 Å². The summed E-state index contributed by atoms with van der Waals surface area (Å²) in [6.07, 6.45) is 1.56. The van der Waals surface area contributed by atoms with Gasteiger partial charge in [-0.15, -0.1) is 0 Å². The highest BCUT2D eigenvalue weighted by Gasteiger charge is 2.22. The summed E-state index contributed by atoms with van der Waals surface area (Å²) in [6.45, 7) is 1.85. The molecule has 0 saturated carbocycles. The molecule has 1 aliphatic heterocycles. The maximum atomic E-state index is 4.90. The second kappa shape index (κ2) is 2.87. The van der Waals surface area contributed by atoms with Gasteiger partial charge in [-0.1, -0.05) is 0 Å². The molecule has 11 heavy (non-hydrogen) atoms. The molecule has 0 aromatic rings. The van der Waals surface area contributed by atoms with E-state index in [1.807, 2.05) is 6.92 Å². The first-order valence-electron chi connectivity index (χ1n) is 3.33. The Bertz CT molecular complexity index is 201. The fourth-order valence-corrected chi connectivity index (χ4v) is 0.697. The lowest BCUT2D eigenvalue weighted by atomic mass is 10.4.